The molecule has 0 saturated carbocycles. The molecule has 1 aromatic heterocycles. The van der Waals surface area contributed by atoms with E-state index in [1.165, 1.54) is 17.7 Å². The molecule has 0 spiro atoms. The summed E-state index contributed by atoms with van der Waals surface area (Å²) in [5.41, 5.74) is 5.41. The molecule has 0 bridgehead atoms. The number of hydrogen-bond donors (Lipinski definition) is 1. The third kappa shape index (κ3) is 7.72. The lowest BCUT2D eigenvalue weighted by Gasteiger charge is -2.28. The molecular formula is C28H38BrFN6. The van der Waals surface area contributed by atoms with Crippen LogP contribution in [-0.4, -0.2) is 73.9 Å². The smallest absolute Gasteiger partial charge is 0.154 e. The van der Waals surface area contributed by atoms with E-state index in [2.05, 4.69) is 60.5 Å². The van der Waals surface area contributed by atoms with Crippen molar-refractivity contribution in [2.24, 2.45) is 4.99 Å². The van der Waals surface area contributed by atoms with E-state index in [1.54, 1.807) is 0 Å². The highest BCUT2D eigenvalue weighted by atomic mass is 79.9. The highest BCUT2D eigenvalue weighted by Gasteiger charge is 2.25. The standard InChI is InChI=1S/C23H27BrFN5.C5H11N/c1-3-16(2)20-14-27-23-21(28-20)22(19(24)13-26-23)30-10-4-9-29(11-12-30)15-17-5-7-18(25)8-6-17;1-4-5-6(2)3/h3,5-8,13H,4,9-12,14-15H2,1-2H3,(H,26,27);4H,1,5H2,2-3H3/b16-3+;. The number of likely N-dealkylation sites (N-methyl/N-ethyl adjacent to an activating group) is 1. The van der Waals surface area contributed by atoms with Gasteiger partial charge in [0.05, 0.1) is 22.4 Å². The Hall–Kier alpha value is -2.55. The molecular weight excluding hydrogens is 519 g/mol. The number of halogens is 2. The molecule has 0 aliphatic carbocycles. The van der Waals surface area contributed by atoms with Crippen LogP contribution in [0.3, 0.4) is 0 Å². The topological polar surface area (TPSA) is 47.0 Å². The van der Waals surface area contributed by atoms with E-state index in [0.29, 0.717) is 6.54 Å². The van der Waals surface area contributed by atoms with Crippen LogP contribution in [0.2, 0.25) is 0 Å². The van der Waals surface area contributed by atoms with Crippen LogP contribution in [0.1, 0.15) is 25.8 Å². The first-order valence-electron chi connectivity index (χ1n) is 12.4. The predicted octanol–water partition coefficient (Wildman–Crippen LogP) is 5.89. The van der Waals surface area contributed by atoms with E-state index in [4.69, 9.17) is 4.99 Å². The Morgan fingerprint density at radius 2 is 1.94 bits per heavy atom. The average molecular weight is 558 g/mol. The maximum absolute atomic E-state index is 13.2. The van der Waals surface area contributed by atoms with Crippen molar-refractivity contribution in [3.8, 4) is 0 Å². The van der Waals surface area contributed by atoms with Crippen LogP contribution < -0.4 is 10.2 Å². The normalized spacial score (nSPS) is 16.4. The van der Waals surface area contributed by atoms with Crippen LogP contribution >= 0.6 is 15.9 Å². The maximum Gasteiger partial charge on any atom is 0.154 e. The van der Waals surface area contributed by atoms with Gasteiger partial charge in [-0.1, -0.05) is 24.3 Å². The number of aliphatic imine (C=N–C) groups is 1. The number of benzene rings is 1. The minimum absolute atomic E-state index is 0.185. The lowest BCUT2D eigenvalue weighted by Crippen LogP contribution is -2.31. The van der Waals surface area contributed by atoms with Gasteiger partial charge in [0.25, 0.3) is 0 Å². The van der Waals surface area contributed by atoms with E-state index in [-0.39, 0.29) is 5.82 Å². The zero-order valence-corrected chi connectivity index (χ0v) is 23.5. The predicted molar refractivity (Wildman–Crippen MR) is 154 cm³/mol. The van der Waals surface area contributed by atoms with Crippen LogP contribution in [0.5, 0.6) is 0 Å². The second-order valence-corrected chi connectivity index (χ2v) is 10.2. The molecule has 0 amide bonds. The summed E-state index contributed by atoms with van der Waals surface area (Å²) < 4.78 is 14.2. The molecule has 3 heterocycles. The number of rotatable bonds is 6. The molecule has 4 rings (SSSR count). The van der Waals surface area contributed by atoms with Crippen LogP contribution in [0.15, 0.2) is 64.2 Å². The number of nitrogens with one attached hydrogen (secondary N) is 1. The Morgan fingerprint density at radius 3 is 2.58 bits per heavy atom. The molecule has 6 nitrogen and oxygen atoms in total. The van der Waals surface area contributed by atoms with E-state index in [9.17, 15) is 4.39 Å². The molecule has 36 heavy (non-hydrogen) atoms. The van der Waals surface area contributed by atoms with Gasteiger partial charge in [-0.05, 0) is 73.6 Å². The van der Waals surface area contributed by atoms with E-state index < -0.39 is 0 Å². The van der Waals surface area contributed by atoms with Crippen molar-refractivity contribution >= 4 is 38.8 Å². The second-order valence-electron chi connectivity index (χ2n) is 9.33. The number of fused-ring (bicyclic) bond motifs is 1. The summed E-state index contributed by atoms with van der Waals surface area (Å²) >= 11 is 3.72. The van der Waals surface area contributed by atoms with Gasteiger partial charge >= 0.3 is 0 Å². The van der Waals surface area contributed by atoms with Crippen LogP contribution in [0.4, 0.5) is 21.6 Å². The van der Waals surface area contributed by atoms with Crippen LogP contribution in [0.25, 0.3) is 0 Å². The zero-order valence-electron chi connectivity index (χ0n) is 21.9. The number of hydrogen-bond acceptors (Lipinski definition) is 6. The Labute approximate surface area is 223 Å². The zero-order chi connectivity index (χ0) is 26.1. The van der Waals surface area contributed by atoms with Gasteiger partial charge in [0.1, 0.15) is 11.5 Å². The fourth-order valence-corrected chi connectivity index (χ4v) is 4.74. The summed E-state index contributed by atoms with van der Waals surface area (Å²) in [6.45, 7) is 14.0. The summed E-state index contributed by atoms with van der Waals surface area (Å²) in [4.78, 5) is 16.4. The Bertz CT molecular complexity index is 1080. The number of nitrogens with zero attached hydrogens (tertiary/aromatic N) is 5. The molecule has 1 N–H and O–H groups in total. The van der Waals surface area contributed by atoms with Gasteiger partial charge < -0.3 is 15.1 Å². The molecule has 0 radical (unpaired) electrons. The third-order valence-electron chi connectivity index (χ3n) is 6.26. The highest BCUT2D eigenvalue weighted by Crippen LogP contribution is 2.42. The van der Waals surface area contributed by atoms with Gasteiger partial charge in [0.15, 0.2) is 5.82 Å². The Kier molecular flexibility index (Phi) is 10.6. The third-order valence-corrected chi connectivity index (χ3v) is 6.84. The van der Waals surface area contributed by atoms with Gasteiger partial charge in [-0.15, -0.1) is 6.58 Å². The van der Waals surface area contributed by atoms with Crippen molar-refractivity contribution in [3.63, 3.8) is 0 Å². The monoisotopic (exact) mass is 556 g/mol. The number of anilines is 2. The molecule has 1 aromatic carbocycles. The number of aromatic nitrogens is 1. The van der Waals surface area contributed by atoms with Crippen molar-refractivity contribution in [1.29, 1.82) is 0 Å². The fourth-order valence-electron chi connectivity index (χ4n) is 4.20. The molecule has 8 heteroatoms. The van der Waals surface area contributed by atoms with E-state index in [1.807, 2.05) is 45.4 Å². The summed E-state index contributed by atoms with van der Waals surface area (Å²) in [6, 6.07) is 6.82. The second kappa shape index (κ2) is 13.7. The van der Waals surface area contributed by atoms with E-state index >= 15 is 0 Å². The summed E-state index contributed by atoms with van der Waals surface area (Å²) in [5, 5.41) is 3.42. The largest absolute Gasteiger partial charge is 0.367 e. The number of allylic oxidation sites excluding steroid dienone is 1. The molecule has 1 fully saturated rings. The molecule has 1 saturated heterocycles. The first kappa shape index (κ1) is 28.0. The molecule has 2 aliphatic rings. The van der Waals surface area contributed by atoms with Gasteiger partial charge in [-0.3, -0.25) is 4.90 Å². The SMILES string of the molecule is C/C=C(\C)C1=Nc2c(ncc(Br)c2N2CCCN(Cc3ccc(F)cc3)CC2)NC1.C=CCN(C)C. The van der Waals surface area contributed by atoms with Gasteiger partial charge in [-0.2, -0.15) is 0 Å². The van der Waals surface area contributed by atoms with Gasteiger partial charge in [0, 0.05) is 45.5 Å². The Balaban J connectivity index is 0.000000538. The lowest BCUT2D eigenvalue weighted by molar-refractivity contribution is 0.285. The minimum atomic E-state index is -0.185. The molecule has 194 valence electrons. The first-order valence-corrected chi connectivity index (χ1v) is 13.2. The van der Waals surface area contributed by atoms with Crippen molar-refractivity contribution in [3.05, 3.63) is 70.6 Å². The maximum atomic E-state index is 13.2. The lowest BCUT2D eigenvalue weighted by atomic mass is 10.1. The molecule has 2 aromatic rings. The van der Waals surface area contributed by atoms with Crippen LogP contribution in [0, 0.1) is 5.82 Å². The van der Waals surface area contributed by atoms with E-state index in [0.717, 1.165) is 78.6 Å². The van der Waals surface area contributed by atoms with Gasteiger partial charge in [-0.25, -0.2) is 14.4 Å². The van der Waals surface area contributed by atoms with Crippen molar-refractivity contribution in [2.45, 2.75) is 26.8 Å². The molecule has 0 atom stereocenters. The Morgan fingerprint density at radius 1 is 1.19 bits per heavy atom. The fraction of sp³-hybridized carbons (Fsp3) is 0.429. The first-order chi connectivity index (χ1) is 17.3. The summed E-state index contributed by atoms with van der Waals surface area (Å²) in [7, 11) is 4.03. The summed E-state index contributed by atoms with van der Waals surface area (Å²) in [5.74, 6) is 0.656. The average Bonchev–Trinajstić information content (AvgIpc) is 3.10. The minimum Gasteiger partial charge on any atom is -0.367 e. The molecule has 2 aliphatic heterocycles. The highest BCUT2D eigenvalue weighted by molar-refractivity contribution is 9.10. The van der Waals surface area contributed by atoms with Crippen LogP contribution in [-0.2, 0) is 6.54 Å². The molecule has 0 unspecified atom stereocenters. The quantitative estimate of drug-likeness (QED) is 0.449. The summed E-state index contributed by atoms with van der Waals surface area (Å²) in [6.07, 6.45) is 6.89. The van der Waals surface area contributed by atoms with Crippen molar-refractivity contribution in [1.82, 2.24) is 14.8 Å². The van der Waals surface area contributed by atoms with Crippen molar-refractivity contribution < 1.29 is 4.39 Å². The van der Waals surface area contributed by atoms with Gasteiger partial charge in [0.2, 0.25) is 0 Å². The number of pyridine rings is 1. The van der Waals surface area contributed by atoms with Crippen molar-refractivity contribution in [2.75, 3.05) is 63.6 Å².